The van der Waals surface area contributed by atoms with Gasteiger partial charge >= 0.3 is 5.97 Å². The van der Waals surface area contributed by atoms with Crippen molar-refractivity contribution in [2.45, 2.75) is 6.92 Å². The molecule has 0 fully saturated rings. The molecule has 1 aromatic carbocycles. The molecule has 0 heterocycles. The van der Waals surface area contributed by atoms with Crippen molar-refractivity contribution in [3.05, 3.63) is 35.4 Å². The van der Waals surface area contributed by atoms with Crippen LogP contribution in [-0.2, 0) is 4.79 Å². The number of aliphatic carboxylic acids is 1. The fourth-order valence-electron chi connectivity index (χ4n) is 1.01. The van der Waals surface area contributed by atoms with E-state index in [-0.39, 0.29) is 12.4 Å². The highest BCUT2D eigenvalue weighted by Gasteiger charge is 1.99. The van der Waals surface area contributed by atoms with Gasteiger partial charge in [0, 0.05) is 5.57 Å². The average molecular weight is 229 g/mol. The predicted molar refractivity (Wildman–Crippen MR) is 61.5 cm³/mol. The van der Waals surface area contributed by atoms with E-state index in [1.807, 2.05) is 12.1 Å². The molecule has 1 rings (SSSR count). The average Bonchev–Trinajstić information content (AvgIpc) is 2.19. The summed E-state index contributed by atoms with van der Waals surface area (Å²) in [6.07, 6.45) is 1.61. The van der Waals surface area contributed by atoms with Crippen LogP contribution in [0.4, 0.5) is 0 Å². The first kappa shape index (κ1) is 13.5. The normalized spacial score (nSPS) is 10.4. The number of ether oxygens (including phenoxy) is 1. The smallest absolute Gasteiger partial charge is 0.331 e. The Balaban J connectivity index is 0.00000196. The highest BCUT2D eigenvalue weighted by Crippen LogP contribution is 2.13. The minimum Gasteiger partial charge on any atom is -0.497 e. The van der Waals surface area contributed by atoms with Gasteiger partial charge in [0.1, 0.15) is 5.75 Å². The fourth-order valence-corrected chi connectivity index (χ4v) is 1.01. The van der Waals surface area contributed by atoms with Gasteiger partial charge in [-0.2, -0.15) is 0 Å². The maximum atomic E-state index is 10.5. The molecule has 1 N–H and O–H groups in total. The molecule has 0 aliphatic heterocycles. The lowest BCUT2D eigenvalue weighted by molar-refractivity contribution is -0.132. The Morgan fingerprint density at radius 3 is 2.27 bits per heavy atom. The van der Waals surface area contributed by atoms with Crippen molar-refractivity contribution in [1.29, 1.82) is 0 Å². The number of hydrogen-bond donors (Lipinski definition) is 1. The SMILES string of the molecule is COc1ccc(/C=C(\C)C(=O)O)cc1.Cl. The van der Waals surface area contributed by atoms with Crippen LogP contribution in [0, 0.1) is 0 Å². The number of carbonyl (C=O) groups is 1. The van der Waals surface area contributed by atoms with E-state index in [9.17, 15) is 4.79 Å². The molecular weight excluding hydrogens is 216 g/mol. The quantitative estimate of drug-likeness (QED) is 0.809. The van der Waals surface area contributed by atoms with Crippen LogP contribution < -0.4 is 4.74 Å². The monoisotopic (exact) mass is 228 g/mol. The van der Waals surface area contributed by atoms with E-state index in [2.05, 4.69) is 0 Å². The molecule has 0 saturated heterocycles. The van der Waals surface area contributed by atoms with Crippen LogP contribution in [-0.4, -0.2) is 18.2 Å². The molecule has 1 aromatic rings. The summed E-state index contributed by atoms with van der Waals surface area (Å²) in [5.41, 5.74) is 1.17. The summed E-state index contributed by atoms with van der Waals surface area (Å²) < 4.78 is 4.98. The number of methoxy groups -OCH3 is 1. The van der Waals surface area contributed by atoms with Crippen molar-refractivity contribution in [1.82, 2.24) is 0 Å². The molecular formula is C11H13ClO3. The lowest BCUT2D eigenvalue weighted by Crippen LogP contribution is -1.95. The van der Waals surface area contributed by atoms with Gasteiger partial charge in [-0.25, -0.2) is 4.79 Å². The number of carboxylic acid groups (broad SMARTS) is 1. The van der Waals surface area contributed by atoms with E-state index < -0.39 is 5.97 Å². The molecule has 0 spiro atoms. The highest BCUT2D eigenvalue weighted by atomic mass is 35.5. The summed E-state index contributed by atoms with van der Waals surface area (Å²) in [4.78, 5) is 10.5. The van der Waals surface area contributed by atoms with Crippen LogP contribution in [0.3, 0.4) is 0 Å². The Kier molecular flexibility index (Phi) is 5.49. The molecule has 4 heteroatoms. The number of rotatable bonds is 3. The summed E-state index contributed by atoms with van der Waals surface area (Å²) in [6, 6.07) is 7.21. The molecule has 0 radical (unpaired) electrons. The lowest BCUT2D eigenvalue weighted by atomic mass is 10.1. The third-order valence-corrected chi connectivity index (χ3v) is 1.84. The van der Waals surface area contributed by atoms with Crippen molar-refractivity contribution < 1.29 is 14.6 Å². The van der Waals surface area contributed by atoms with E-state index in [4.69, 9.17) is 9.84 Å². The largest absolute Gasteiger partial charge is 0.497 e. The van der Waals surface area contributed by atoms with Crippen LogP contribution >= 0.6 is 12.4 Å². The van der Waals surface area contributed by atoms with Crippen molar-refractivity contribution in [2.24, 2.45) is 0 Å². The highest BCUT2D eigenvalue weighted by molar-refractivity contribution is 5.91. The first-order valence-electron chi connectivity index (χ1n) is 4.19. The minimum absolute atomic E-state index is 0. The first-order valence-corrected chi connectivity index (χ1v) is 4.19. The fraction of sp³-hybridized carbons (Fsp3) is 0.182. The van der Waals surface area contributed by atoms with Gasteiger partial charge < -0.3 is 9.84 Å². The molecule has 0 aliphatic carbocycles. The Bertz CT molecular complexity index is 355. The van der Waals surface area contributed by atoms with Gasteiger partial charge in [0.15, 0.2) is 0 Å². The molecule has 0 bridgehead atoms. The van der Waals surface area contributed by atoms with E-state index in [1.165, 1.54) is 0 Å². The zero-order valence-corrected chi connectivity index (χ0v) is 9.38. The van der Waals surface area contributed by atoms with Gasteiger partial charge in [-0.15, -0.1) is 12.4 Å². The predicted octanol–water partition coefficient (Wildman–Crippen LogP) is 2.60. The van der Waals surface area contributed by atoms with Crippen molar-refractivity contribution >= 4 is 24.5 Å². The Morgan fingerprint density at radius 1 is 1.33 bits per heavy atom. The third kappa shape index (κ3) is 4.04. The molecule has 15 heavy (non-hydrogen) atoms. The van der Waals surface area contributed by atoms with Crippen molar-refractivity contribution in [2.75, 3.05) is 7.11 Å². The van der Waals surface area contributed by atoms with Gasteiger partial charge in [-0.1, -0.05) is 12.1 Å². The molecule has 3 nitrogen and oxygen atoms in total. The van der Waals surface area contributed by atoms with E-state index in [1.54, 1.807) is 32.2 Å². The van der Waals surface area contributed by atoms with Gasteiger partial charge in [0.25, 0.3) is 0 Å². The summed E-state index contributed by atoms with van der Waals surface area (Å²) >= 11 is 0. The second-order valence-electron chi connectivity index (χ2n) is 2.91. The van der Waals surface area contributed by atoms with Crippen LogP contribution in [0.1, 0.15) is 12.5 Å². The summed E-state index contributed by atoms with van der Waals surface area (Å²) in [7, 11) is 1.59. The first-order chi connectivity index (χ1) is 6.63. The molecule has 0 atom stereocenters. The zero-order valence-electron chi connectivity index (χ0n) is 8.56. The second kappa shape index (κ2) is 6.09. The van der Waals surface area contributed by atoms with Crippen molar-refractivity contribution in [3.8, 4) is 5.75 Å². The van der Waals surface area contributed by atoms with Gasteiger partial charge in [-0.05, 0) is 30.7 Å². The summed E-state index contributed by atoms with van der Waals surface area (Å²) in [5, 5.41) is 8.65. The maximum absolute atomic E-state index is 10.5. The summed E-state index contributed by atoms with van der Waals surface area (Å²) in [5.74, 6) is -0.143. The van der Waals surface area contributed by atoms with Crippen LogP contribution in [0.15, 0.2) is 29.8 Å². The maximum Gasteiger partial charge on any atom is 0.331 e. The number of carboxylic acids is 1. The van der Waals surface area contributed by atoms with Gasteiger partial charge in [0.05, 0.1) is 7.11 Å². The zero-order chi connectivity index (χ0) is 10.6. The van der Waals surface area contributed by atoms with E-state index in [0.29, 0.717) is 5.57 Å². The number of halogens is 1. The molecule has 82 valence electrons. The van der Waals surface area contributed by atoms with Crippen LogP contribution in [0.25, 0.3) is 6.08 Å². The minimum atomic E-state index is -0.902. The van der Waals surface area contributed by atoms with Crippen LogP contribution in [0.5, 0.6) is 5.75 Å². The Hall–Kier alpha value is -1.48. The topological polar surface area (TPSA) is 46.5 Å². The summed E-state index contributed by atoms with van der Waals surface area (Å²) in [6.45, 7) is 1.56. The van der Waals surface area contributed by atoms with Crippen LogP contribution in [0.2, 0.25) is 0 Å². The second-order valence-corrected chi connectivity index (χ2v) is 2.91. The lowest BCUT2D eigenvalue weighted by Gasteiger charge is -1.99. The standard InChI is InChI=1S/C11H12O3.ClH/c1-8(11(12)13)7-9-3-5-10(14-2)6-4-9;/h3-7H,1-2H3,(H,12,13);1H/b8-7+;. The molecule has 0 amide bonds. The number of benzene rings is 1. The molecule has 0 aliphatic rings. The van der Waals surface area contributed by atoms with Gasteiger partial charge in [-0.3, -0.25) is 0 Å². The molecule has 0 aromatic heterocycles. The molecule has 0 saturated carbocycles. The van der Waals surface area contributed by atoms with E-state index in [0.717, 1.165) is 11.3 Å². The third-order valence-electron chi connectivity index (χ3n) is 1.84. The Morgan fingerprint density at radius 2 is 1.87 bits per heavy atom. The van der Waals surface area contributed by atoms with E-state index >= 15 is 0 Å². The molecule has 0 unspecified atom stereocenters. The Labute approximate surface area is 94.8 Å². The van der Waals surface area contributed by atoms with Gasteiger partial charge in [0.2, 0.25) is 0 Å². The number of hydrogen-bond acceptors (Lipinski definition) is 2. The van der Waals surface area contributed by atoms with Crippen molar-refractivity contribution in [3.63, 3.8) is 0 Å².